The number of hydrogen-bond acceptors (Lipinski definition) is 6. The average Bonchev–Trinajstić information content (AvgIpc) is 3.30. The maximum atomic E-state index is 15.0. The largest absolute Gasteiger partial charge is 0.308 e. The summed E-state index contributed by atoms with van der Waals surface area (Å²) in [6.45, 7) is 0. The smallest absolute Gasteiger partial charge is 0.194 e. The second-order valence-electron chi connectivity index (χ2n) is 9.78. The van der Waals surface area contributed by atoms with E-state index in [1.165, 1.54) is 0 Å². The molecule has 6 nitrogen and oxygen atoms in total. The van der Waals surface area contributed by atoms with Gasteiger partial charge < -0.3 is 4.57 Å². The molecule has 0 spiro atoms. The zero-order valence-corrected chi connectivity index (χ0v) is 21.9. The number of pyridine rings is 1. The normalized spacial score (nSPS) is 16.2. The van der Waals surface area contributed by atoms with Crippen LogP contribution < -0.4 is 15.9 Å². The number of ketones is 1. The topological polar surface area (TPSA) is 85.7 Å². The van der Waals surface area contributed by atoms with Crippen LogP contribution in [0.4, 0.5) is 0 Å². The molecular formula is C33H19N4O2P. The first-order chi connectivity index (χ1) is 19.6. The van der Waals surface area contributed by atoms with E-state index in [1.807, 2.05) is 84.9 Å². The van der Waals surface area contributed by atoms with Crippen LogP contribution in [0.3, 0.4) is 0 Å². The van der Waals surface area contributed by atoms with Crippen molar-refractivity contribution in [2.75, 3.05) is 0 Å². The molecule has 2 aliphatic heterocycles. The Balaban J connectivity index is 1.42. The lowest BCUT2D eigenvalue weighted by molar-refractivity contribution is 0.104. The van der Waals surface area contributed by atoms with E-state index in [0.29, 0.717) is 61.3 Å². The Kier molecular flexibility index (Phi) is 4.84. The Morgan fingerprint density at radius 2 is 1.07 bits per heavy atom. The highest BCUT2D eigenvalue weighted by Crippen LogP contribution is 2.55. The average molecular weight is 535 g/mol. The SMILES string of the molecule is O=C1c2ccccc2P2(=O)c3cccnc3-c3cc(-c4nc(-c5ccccc5)nc(-c5ccccc5)n4)cc1c32. The fourth-order valence-electron chi connectivity index (χ4n) is 5.71. The monoisotopic (exact) mass is 534 g/mol. The predicted molar refractivity (Wildman–Crippen MR) is 156 cm³/mol. The van der Waals surface area contributed by atoms with Crippen molar-refractivity contribution in [1.82, 2.24) is 19.9 Å². The Labute approximate surface area is 229 Å². The number of carbonyl (C=O) groups is 1. The van der Waals surface area contributed by atoms with Crippen molar-refractivity contribution in [3.05, 3.63) is 127 Å². The molecule has 8 rings (SSSR count). The van der Waals surface area contributed by atoms with Crippen LogP contribution in [-0.4, -0.2) is 25.7 Å². The molecule has 4 aromatic carbocycles. The molecular weight excluding hydrogens is 515 g/mol. The van der Waals surface area contributed by atoms with Crippen molar-refractivity contribution in [1.29, 1.82) is 0 Å². The van der Waals surface area contributed by atoms with E-state index >= 15 is 0 Å². The van der Waals surface area contributed by atoms with E-state index in [1.54, 1.807) is 30.5 Å². The van der Waals surface area contributed by atoms with Gasteiger partial charge in [0.1, 0.15) is 0 Å². The lowest BCUT2D eigenvalue weighted by atomic mass is 9.96. The molecule has 0 aliphatic carbocycles. The Hall–Kier alpha value is -5.06. The molecule has 188 valence electrons. The highest BCUT2D eigenvalue weighted by atomic mass is 31.2. The molecule has 1 atom stereocenters. The molecule has 0 saturated carbocycles. The van der Waals surface area contributed by atoms with Gasteiger partial charge in [-0.3, -0.25) is 9.78 Å². The molecule has 0 bridgehead atoms. The molecule has 7 heteroatoms. The molecule has 0 saturated heterocycles. The fraction of sp³-hybridized carbons (Fsp3) is 0. The van der Waals surface area contributed by atoms with Crippen LogP contribution in [0.5, 0.6) is 0 Å². The zero-order chi connectivity index (χ0) is 26.8. The first-order valence-electron chi connectivity index (χ1n) is 12.9. The first-order valence-corrected chi connectivity index (χ1v) is 14.6. The van der Waals surface area contributed by atoms with Crippen LogP contribution in [0.1, 0.15) is 15.9 Å². The number of rotatable bonds is 3. The number of carbonyl (C=O) groups excluding carboxylic acids is 1. The minimum Gasteiger partial charge on any atom is -0.308 e. The van der Waals surface area contributed by atoms with Gasteiger partial charge in [-0.1, -0.05) is 84.9 Å². The number of aromatic nitrogens is 4. The van der Waals surface area contributed by atoms with Gasteiger partial charge in [0.2, 0.25) is 0 Å². The number of benzene rings is 4. The zero-order valence-electron chi connectivity index (χ0n) is 21.0. The third-order valence-electron chi connectivity index (χ3n) is 7.50. The number of fused-ring (bicyclic) bond motifs is 5. The van der Waals surface area contributed by atoms with Crippen molar-refractivity contribution in [2.45, 2.75) is 0 Å². The number of hydrogen-bond donors (Lipinski definition) is 0. The van der Waals surface area contributed by atoms with E-state index in [0.717, 1.165) is 11.1 Å². The summed E-state index contributed by atoms with van der Waals surface area (Å²) >= 11 is 0. The van der Waals surface area contributed by atoms with Crippen LogP contribution >= 0.6 is 7.14 Å². The maximum absolute atomic E-state index is 15.0. The highest BCUT2D eigenvalue weighted by Gasteiger charge is 2.49. The molecule has 0 radical (unpaired) electrons. The molecule has 0 N–H and O–H groups in total. The Morgan fingerprint density at radius 3 is 1.75 bits per heavy atom. The van der Waals surface area contributed by atoms with Gasteiger partial charge in [-0.25, -0.2) is 15.0 Å². The van der Waals surface area contributed by atoms with E-state index in [4.69, 9.17) is 15.0 Å². The molecule has 0 fully saturated rings. The van der Waals surface area contributed by atoms with Gasteiger partial charge in [0.05, 0.1) is 5.69 Å². The summed E-state index contributed by atoms with van der Waals surface area (Å²) in [5, 5.41) is 1.80. The van der Waals surface area contributed by atoms with E-state index in [9.17, 15) is 9.36 Å². The summed E-state index contributed by atoms with van der Waals surface area (Å²) in [6, 6.07) is 34.1. The summed E-state index contributed by atoms with van der Waals surface area (Å²) in [7, 11) is -3.27. The van der Waals surface area contributed by atoms with Gasteiger partial charge in [0.25, 0.3) is 0 Å². The van der Waals surface area contributed by atoms with Crippen molar-refractivity contribution in [3.63, 3.8) is 0 Å². The van der Waals surface area contributed by atoms with Crippen molar-refractivity contribution >= 4 is 28.8 Å². The van der Waals surface area contributed by atoms with Gasteiger partial charge in [-0.05, 0) is 24.3 Å². The van der Waals surface area contributed by atoms with Gasteiger partial charge in [-0.15, -0.1) is 0 Å². The summed E-state index contributed by atoms with van der Waals surface area (Å²) in [5.41, 5.74) is 4.55. The summed E-state index contributed by atoms with van der Waals surface area (Å²) in [5.74, 6) is 1.32. The fourth-order valence-corrected chi connectivity index (χ4v) is 9.05. The van der Waals surface area contributed by atoms with Gasteiger partial charge in [0.15, 0.2) is 30.4 Å². The third kappa shape index (κ3) is 3.17. The quantitative estimate of drug-likeness (QED) is 0.281. The summed E-state index contributed by atoms with van der Waals surface area (Å²) in [6.07, 6.45) is 1.69. The van der Waals surface area contributed by atoms with Crippen LogP contribution in [0, 0.1) is 0 Å². The van der Waals surface area contributed by atoms with Gasteiger partial charge in [-0.2, -0.15) is 0 Å². The molecule has 40 heavy (non-hydrogen) atoms. The van der Waals surface area contributed by atoms with Crippen LogP contribution in [0.2, 0.25) is 0 Å². The van der Waals surface area contributed by atoms with Gasteiger partial charge >= 0.3 is 0 Å². The molecule has 6 aromatic rings. The van der Waals surface area contributed by atoms with E-state index < -0.39 is 7.14 Å². The molecule has 4 heterocycles. The lowest BCUT2D eigenvalue weighted by Gasteiger charge is -2.25. The van der Waals surface area contributed by atoms with Crippen LogP contribution in [0.15, 0.2) is 115 Å². The standard InChI is InChI=1S/C33H19N4O2P/c38-29-23-14-7-8-15-26(23)40(39)27-16-9-17-34-28(27)24-18-22(19-25(29)30(24)40)33-36-31(20-10-3-1-4-11-20)35-32(37-33)21-12-5-2-6-13-21/h1-19H. The van der Waals surface area contributed by atoms with Crippen molar-refractivity contribution in [2.24, 2.45) is 0 Å². The van der Waals surface area contributed by atoms with Crippen LogP contribution in [-0.2, 0) is 4.57 Å². The Bertz CT molecular complexity index is 2000. The predicted octanol–water partition coefficient (Wildman–Crippen LogP) is 5.43. The number of nitrogens with zero attached hydrogens (tertiary/aromatic N) is 4. The Morgan fingerprint density at radius 1 is 0.525 bits per heavy atom. The van der Waals surface area contributed by atoms with Crippen molar-refractivity contribution in [3.8, 4) is 45.4 Å². The molecule has 2 aromatic heterocycles. The van der Waals surface area contributed by atoms with Crippen LogP contribution in [0.25, 0.3) is 45.4 Å². The van der Waals surface area contributed by atoms with Crippen molar-refractivity contribution < 1.29 is 9.36 Å². The van der Waals surface area contributed by atoms with Gasteiger partial charge in [0, 0.05) is 55.5 Å². The highest BCUT2D eigenvalue weighted by molar-refractivity contribution is 7.87. The first kappa shape index (κ1) is 22.9. The second-order valence-corrected chi connectivity index (χ2v) is 12.4. The van der Waals surface area contributed by atoms with E-state index in [2.05, 4.69) is 4.98 Å². The third-order valence-corrected chi connectivity index (χ3v) is 10.7. The summed E-state index contributed by atoms with van der Waals surface area (Å²) < 4.78 is 15.0. The lowest BCUT2D eigenvalue weighted by Crippen LogP contribution is -2.34. The minimum atomic E-state index is -3.27. The summed E-state index contributed by atoms with van der Waals surface area (Å²) in [4.78, 5) is 33.0. The van der Waals surface area contributed by atoms with E-state index in [-0.39, 0.29) is 5.78 Å². The molecule has 1 unspecified atom stereocenters. The second kappa shape index (κ2) is 8.47. The molecule has 2 aliphatic rings. The molecule has 0 amide bonds. The maximum Gasteiger partial charge on any atom is 0.194 e. The minimum absolute atomic E-state index is 0.159.